The van der Waals surface area contributed by atoms with E-state index >= 15 is 0 Å². The van der Waals surface area contributed by atoms with Gasteiger partial charge in [-0.1, -0.05) is 37.3 Å². The average molecular weight is 392 g/mol. The molecule has 0 saturated heterocycles. The van der Waals surface area contributed by atoms with Gasteiger partial charge in [-0.15, -0.1) is 3.89 Å². The second kappa shape index (κ2) is 10.2. The molecule has 1 aliphatic rings. The molecular formula is C21H30FN3OS. The molecule has 0 aliphatic heterocycles. The summed E-state index contributed by atoms with van der Waals surface area (Å²) in [6, 6.07) is 12.8. The highest BCUT2D eigenvalue weighted by Crippen LogP contribution is 2.34. The van der Waals surface area contributed by atoms with E-state index < -0.39 is 0 Å². The van der Waals surface area contributed by atoms with Gasteiger partial charge < -0.3 is 10.1 Å². The first kappa shape index (κ1) is 20.4. The van der Waals surface area contributed by atoms with Crippen molar-refractivity contribution in [2.24, 2.45) is 0 Å². The number of nitrogens with zero attached hydrogens (tertiary/aromatic N) is 2. The lowest BCUT2D eigenvalue weighted by Crippen LogP contribution is -2.38. The van der Waals surface area contributed by atoms with Crippen molar-refractivity contribution in [3.05, 3.63) is 53.9 Å². The molecule has 6 heteroatoms. The third kappa shape index (κ3) is 5.12. The lowest BCUT2D eigenvalue weighted by atomic mass is 9.83. The largest absolute Gasteiger partial charge is 0.377 e. The number of hydrogen-bond acceptors (Lipinski definition) is 4. The van der Waals surface area contributed by atoms with E-state index in [2.05, 4.69) is 47.7 Å². The molecule has 1 aromatic heterocycles. The summed E-state index contributed by atoms with van der Waals surface area (Å²) in [7, 11) is 1.95. The summed E-state index contributed by atoms with van der Waals surface area (Å²) >= 11 is 0.155. The van der Waals surface area contributed by atoms with Crippen molar-refractivity contribution in [1.29, 1.82) is 0 Å². The second-order valence-corrected chi connectivity index (χ2v) is 7.81. The van der Waals surface area contributed by atoms with E-state index in [-0.39, 0.29) is 24.3 Å². The summed E-state index contributed by atoms with van der Waals surface area (Å²) in [6.07, 6.45) is 7.45. The van der Waals surface area contributed by atoms with Crippen molar-refractivity contribution < 1.29 is 8.62 Å². The molecule has 1 aliphatic carbocycles. The number of halogens is 1. The van der Waals surface area contributed by atoms with Gasteiger partial charge in [0.25, 0.3) is 0 Å². The van der Waals surface area contributed by atoms with E-state index in [1.165, 1.54) is 22.5 Å². The van der Waals surface area contributed by atoms with E-state index in [1.54, 1.807) is 6.20 Å². The zero-order valence-electron chi connectivity index (χ0n) is 16.2. The molecule has 27 heavy (non-hydrogen) atoms. The van der Waals surface area contributed by atoms with Crippen molar-refractivity contribution in [1.82, 2.24) is 14.5 Å². The summed E-state index contributed by atoms with van der Waals surface area (Å²) in [4.78, 5) is 0. The van der Waals surface area contributed by atoms with Crippen molar-refractivity contribution in [3.63, 3.8) is 0 Å². The SMILES string of the molecule is CCC(c1ccnn1SF)C(COC1CCC(c2ccccc2)CC1)NC. The summed E-state index contributed by atoms with van der Waals surface area (Å²) in [5.41, 5.74) is 2.35. The Balaban J connectivity index is 1.52. The normalized spacial score (nSPS) is 22.5. The first-order valence-corrected chi connectivity index (χ1v) is 10.6. The predicted octanol–water partition coefficient (Wildman–Crippen LogP) is 5.09. The van der Waals surface area contributed by atoms with Crippen LogP contribution in [0.3, 0.4) is 0 Å². The van der Waals surface area contributed by atoms with Crippen LogP contribution in [0.1, 0.15) is 62.1 Å². The molecule has 3 rings (SSSR count). The van der Waals surface area contributed by atoms with Gasteiger partial charge >= 0.3 is 0 Å². The minimum atomic E-state index is 0.143. The minimum absolute atomic E-state index is 0.143. The highest BCUT2D eigenvalue weighted by atomic mass is 32.2. The number of ether oxygens (including phenoxy) is 1. The quantitative estimate of drug-likeness (QED) is 0.646. The fourth-order valence-corrected chi connectivity index (χ4v) is 4.62. The topological polar surface area (TPSA) is 39.1 Å². The second-order valence-electron chi connectivity index (χ2n) is 7.33. The van der Waals surface area contributed by atoms with Gasteiger partial charge in [-0.3, -0.25) is 0 Å². The summed E-state index contributed by atoms with van der Waals surface area (Å²) < 4.78 is 20.7. The van der Waals surface area contributed by atoms with Gasteiger partial charge in [0.05, 0.1) is 24.6 Å². The Labute approximate surface area is 166 Å². The van der Waals surface area contributed by atoms with Crippen LogP contribution >= 0.6 is 12.3 Å². The van der Waals surface area contributed by atoms with Gasteiger partial charge in [-0.05, 0) is 56.7 Å². The van der Waals surface area contributed by atoms with Gasteiger partial charge in [0.2, 0.25) is 0 Å². The van der Waals surface area contributed by atoms with E-state index in [0.717, 1.165) is 25.0 Å². The highest BCUT2D eigenvalue weighted by molar-refractivity contribution is 7.92. The molecule has 0 spiro atoms. The van der Waals surface area contributed by atoms with Gasteiger partial charge in [0, 0.05) is 12.0 Å². The van der Waals surface area contributed by atoms with Crippen molar-refractivity contribution in [2.75, 3.05) is 13.7 Å². The number of rotatable bonds is 9. The van der Waals surface area contributed by atoms with E-state index in [9.17, 15) is 3.89 Å². The maximum atomic E-state index is 13.1. The molecule has 1 aromatic carbocycles. The van der Waals surface area contributed by atoms with Gasteiger partial charge in [0.15, 0.2) is 12.3 Å². The molecule has 1 fully saturated rings. The lowest BCUT2D eigenvalue weighted by Gasteiger charge is -2.32. The molecule has 0 radical (unpaired) electrons. The first-order valence-electron chi connectivity index (χ1n) is 9.93. The van der Waals surface area contributed by atoms with Crippen LogP contribution in [0.2, 0.25) is 0 Å². The maximum absolute atomic E-state index is 13.1. The number of nitrogens with one attached hydrogen (secondary N) is 1. The zero-order valence-corrected chi connectivity index (χ0v) is 17.0. The molecule has 0 amide bonds. The van der Waals surface area contributed by atoms with Crippen LogP contribution in [0.4, 0.5) is 3.89 Å². The summed E-state index contributed by atoms with van der Waals surface area (Å²) in [5.74, 6) is 0.826. The Morgan fingerprint density at radius 3 is 2.59 bits per heavy atom. The van der Waals surface area contributed by atoms with Gasteiger partial charge in [-0.25, -0.2) is 0 Å². The molecule has 1 N–H and O–H groups in total. The molecule has 148 valence electrons. The van der Waals surface area contributed by atoms with Gasteiger partial charge in [-0.2, -0.15) is 9.19 Å². The fourth-order valence-electron chi connectivity index (χ4n) is 4.25. The van der Waals surface area contributed by atoms with Crippen LogP contribution in [-0.2, 0) is 4.74 Å². The Morgan fingerprint density at radius 2 is 1.96 bits per heavy atom. The number of benzene rings is 1. The van der Waals surface area contributed by atoms with E-state index in [0.29, 0.717) is 18.6 Å². The molecule has 0 bridgehead atoms. The third-order valence-corrected chi connectivity index (χ3v) is 6.27. The Hall–Kier alpha value is -1.37. The van der Waals surface area contributed by atoms with Crippen LogP contribution in [0, 0.1) is 0 Å². The van der Waals surface area contributed by atoms with Gasteiger partial charge in [0.1, 0.15) is 0 Å². The molecule has 2 aromatic rings. The Morgan fingerprint density at radius 1 is 1.22 bits per heavy atom. The zero-order chi connectivity index (χ0) is 19.1. The van der Waals surface area contributed by atoms with Crippen LogP contribution < -0.4 is 5.32 Å². The molecule has 1 saturated carbocycles. The fraction of sp³-hybridized carbons (Fsp3) is 0.571. The number of likely N-dealkylation sites (N-methyl/N-ethyl adjacent to an activating group) is 1. The molecular weight excluding hydrogens is 361 g/mol. The third-order valence-electron chi connectivity index (χ3n) is 5.84. The molecule has 2 unspecified atom stereocenters. The van der Waals surface area contributed by atoms with Crippen LogP contribution in [0.25, 0.3) is 0 Å². The number of aromatic nitrogens is 2. The average Bonchev–Trinajstić information content (AvgIpc) is 3.20. The van der Waals surface area contributed by atoms with Crippen LogP contribution in [0.15, 0.2) is 42.6 Å². The predicted molar refractivity (Wildman–Crippen MR) is 110 cm³/mol. The smallest absolute Gasteiger partial charge is 0.187 e. The van der Waals surface area contributed by atoms with Crippen molar-refractivity contribution in [2.45, 2.75) is 63.0 Å². The van der Waals surface area contributed by atoms with E-state index in [1.807, 2.05) is 13.1 Å². The monoisotopic (exact) mass is 391 g/mol. The molecule has 2 atom stereocenters. The van der Waals surface area contributed by atoms with Crippen molar-refractivity contribution >= 4 is 12.3 Å². The first-order chi connectivity index (χ1) is 13.3. The summed E-state index contributed by atoms with van der Waals surface area (Å²) in [6.45, 7) is 2.76. The Kier molecular flexibility index (Phi) is 7.73. The van der Waals surface area contributed by atoms with Crippen LogP contribution in [-0.4, -0.2) is 35.0 Å². The van der Waals surface area contributed by atoms with E-state index in [4.69, 9.17) is 4.74 Å². The standard InChI is InChI=1S/C21H30FN3OS/c1-3-19(21-13-14-24-25(21)27-22)20(23-2)15-26-18-11-9-17(10-12-18)16-7-5-4-6-8-16/h4-8,13-14,17-20,23H,3,9-12,15H2,1-2H3. The Bertz CT molecular complexity index is 673. The lowest BCUT2D eigenvalue weighted by molar-refractivity contribution is 0.00933. The molecule has 1 heterocycles. The number of hydrogen-bond donors (Lipinski definition) is 1. The van der Waals surface area contributed by atoms with Crippen LogP contribution in [0.5, 0.6) is 0 Å². The molecule has 4 nitrogen and oxygen atoms in total. The summed E-state index contributed by atoms with van der Waals surface area (Å²) in [5, 5.41) is 7.41. The maximum Gasteiger partial charge on any atom is 0.187 e. The highest BCUT2D eigenvalue weighted by Gasteiger charge is 2.27. The van der Waals surface area contributed by atoms with Crippen molar-refractivity contribution in [3.8, 4) is 0 Å². The minimum Gasteiger partial charge on any atom is -0.377 e.